The van der Waals surface area contributed by atoms with Gasteiger partial charge in [-0.25, -0.2) is 0 Å². The molecule has 0 bridgehead atoms. The van der Waals surface area contributed by atoms with Crippen molar-refractivity contribution in [2.24, 2.45) is 11.8 Å². The van der Waals surface area contributed by atoms with E-state index in [-0.39, 0.29) is 54.3 Å². The maximum absolute atomic E-state index is 11.7. The van der Waals surface area contributed by atoms with Gasteiger partial charge in [0.05, 0.1) is 5.76 Å². The Bertz CT molecular complexity index is 1610. The maximum atomic E-state index is 11.7. The van der Waals surface area contributed by atoms with Gasteiger partial charge in [0.25, 0.3) is 0 Å². The molecule has 1 N–H and O–H groups in total. The van der Waals surface area contributed by atoms with Crippen LogP contribution in [0, 0.1) is 31.7 Å². The summed E-state index contributed by atoms with van der Waals surface area (Å²) in [5.41, 5.74) is 8.96. The zero-order valence-electron chi connectivity index (χ0n) is 30.7. The topological polar surface area (TPSA) is 63.3 Å². The van der Waals surface area contributed by atoms with Gasteiger partial charge in [0.2, 0.25) is 0 Å². The fourth-order valence-corrected chi connectivity index (χ4v) is 5.67. The number of nitrogens with zero attached hydrogens (tertiary/aromatic N) is 1. The number of hydrogen-bond acceptors (Lipinski definition) is 4. The second kappa shape index (κ2) is 16.9. The van der Waals surface area contributed by atoms with Crippen LogP contribution in [-0.2, 0) is 35.7 Å². The van der Waals surface area contributed by atoms with Crippen LogP contribution in [0.1, 0.15) is 117 Å². The number of furan rings is 1. The SMILES string of the molecule is CCC(CC)C(=O)/C=C(\O)C(CC)CC.Cc1[c-]c(-c2cc3oc(-c4cc(C(C)(C)C)cc(C(C)(C)C)c4)cc3cn2)cc(C)c1.[Ir]. The first kappa shape index (κ1) is 40.2. The Morgan fingerprint density at radius 1 is 0.830 bits per heavy atom. The third-order valence-corrected chi connectivity index (χ3v) is 8.86. The number of ketones is 1. The summed E-state index contributed by atoms with van der Waals surface area (Å²) in [5, 5.41) is 10.8. The van der Waals surface area contributed by atoms with Gasteiger partial charge in [0.1, 0.15) is 11.3 Å². The van der Waals surface area contributed by atoms with Crippen LogP contribution in [0.15, 0.2) is 64.9 Å². The zero-order valence-corrected chi connectivity index (χ0v) is 33.1. The summed E-state index contributed by atoms with van der Waals surface area (Å²) in [4.78, 5) is 16.4. The van der Waals surface area contributed by atoms with Crippen LogP contribution in [0.5, 0.6) is 0 Å². The minimum atomic E-state index is 0. The summed E-state index contributed by atoms with van der Waals surface area (Å²) in [5.74, 6) is 1.43. The Hall–Kier alpha value is -3.01. The molecule has 1 radical (unpaired) electrons. The summed E-state index contributed by atoms with van der Waals surface area (Å²) < 4.78 is 6.36. The van der Waals surface area contributed by atoms with Crippen LogP contribution in [0.4, 0.5) is 0 Å². The van der Waals surface area contributed by atoms with Crippen LogP contribution in [0.2, 0.25) is 0 Å². The van der Waals surface area contributed by atoms with E-state index in [1.807, 2.05) is 40.0 Å². The van der Waals surface area contributed by atoms with Gasteiger partial charge in [-0.2, -0.15) is 0 Å². The van der Waals surface area contributed by atoms with E-state index in [0.29, 0.717) is 0 Å². The average molecular weight is 815 g/mol. The van der Waals surface area contributed by atoms with Crippen LogP contribution >= 0.6 is 0 Å². The second-order valence-corrected chi connectivity index (χ2v) is 14.8. The summed E-state index contributed by atoms with van der Waals surface area (Å²) in [6.07, 6.45) is 6.81. The van der Waals surface area contributed by atoms with Gasteiger partial charge in [0, 0.05) is 55.2 Å². The third kappa shape index (κ3) is 10.7. The fourth-order valence-electron chi connectivity index (χ4n) is 5.67. The number of rotatable bonds is 9. The number of hydrogen-bond donors (Lipinski definition) is 1. The molecule has 0 fully saturated rings. The molecule has 0 spiro atoms. The van der Waals surface area contributed by atoms with Crippen molar-refractivity contribution in [2.45, 2.75) is 120 Å². The quantitative estimate of drug-likeness (QED) is 0.104. The average Bonchev–Trinajstić information content (AvgIpc) is 3.41. The molecule has 0 saturated carbocycles. The number of fused-ring (bicyclic) bond motifs is 1. The van der Waals surface area contributed by atoms with Crippen LogP contribution < -0.4 is 0 Å². The molecule has 4 nitrogen and oxygen atoms in total. The number of aliphatic hydroxyl groups is 1. The van der Waals surface area contributed by atoms with Crippen LogP contribution in [0.25, 0.3) is 33.6 Å². The Morgan fingerprint density at radius 3 is 1.87 bits per heavy atom. The molecule has 2 heterocycles. The third-order valence-electron chi connectivity index (χ3n) is 8.86. The smallest absolute Gasteiger partial charge is 0.162 e. The minimum Gasteiger partial charge on any atom is -0.512 e. The molecular formula is C42H56IrNO3-. The molecule has 4 aromatic rings. The number of allylic oxidation sites excluding steroid dienone is 2. The number of aliphatic hydroxyl groups excluding tert-OH is 1. The van der Waals surface area contributed by atoms with Gasteiger partial charge in [-0.1, -0.05) is 89.2 Å². The zero-order chi connectivity index (χ0) is 34.4. The molecule has 0 aliphatic rings. The number of carbonyl (C=O) groups is 1. The number of aryl methyl sites for hydroxylation is 2. The molecule has 0 unspecified atom stereocenters. The van der Waals surface area contributed by atoms with E-state index in [0.717, 1.165) is 64.8 Å². The van der Waals surface area contributed by atoms with E-state index in [1.165, 1.54) is 22.8 Å². The molecule has 0 amide bonds. The number of aromatic nitrogens is 1. The van der Waals surface area contributed by atoms with Crippen molar-refractivity contribution in [2.75, 3.05) is 0 Å². The van der Waals surface area contributed by atoms with E-state index in [9.17, 15) is 9.90 Å². The largest absolute Gasteiger partial charge is 0.512 e. The van der Waals surface area contributed by atoms with Crippen molar-refractivity contribution >= 4 is 16.8 Å². The minimum absolute atomic E-state index is 0. The van der Waals surface area contributed by atoms with Gasteiger partial charge in [-0.3, -0.25) is 4.79 Å². The van der Waals surface area contributed by atoms with E-state index < -0.39 is 0 Å². The molecule has 0 aliphatic heterocycles. The maximum Gasteiger partial charge on any atom is 0.162 e. The molecule has 47 heavy (non-hydrogen) atoms. The number of pyridine rings is 1. The van der Waals surface area contributed by atoms with E-state index in [4.69, 9.17) is 4.42 Å². The molecule has 5 heteroatoms. The van der Waals surface area contributed by atoms with Crippen molar-refractivity contribution in [3.8, 4) is 22.6 Å². The molecule has 0 saturated heterocycles. The van der Waals surface area contributed by atoms with E-state index in [1.54, 1.807) is 0 Å². The number of benzene rings is 2. The van der Waals surface area contributed by atoms with Crippen LogP contribution in [0.3, 0.4) is 0 Å². The first-order chi connectivity index (χ1) is 21.5. The van der Waals surface area contributed by atoms with Crippen molar-refractivity contribution in [3.05, 3.63) is 88.8 Å². The van der Waals surface area contributed by atoms with Gasteiger partial charge < -0.3 is 14.5 Å². The molecule has 0 aliphatic carbocycles. The van der Waals surface area contributed by atoms with Crippen molar-refractivity contribution in [3.63, 3.8) is 0 Å². The molecule has 257 valence electrons. The molecule has 4 rings (SSSR count). The van der Waals surface area contributed by atoms with Crippen molar-refractivity contribution in [1.29, 1.82) is 0 Å². The standard InChI is InChI=1S/C29H32NO.C13H24O2.Ir/c1-18-9-19(2)11-20(10-18)25-16-27-22(17-30-25)14-26(31-27)21-12-23(28(3,4)5)15-24(13-21)29(6,7)8;1-5-10(6-2)12(14)9-13(15)11(7-3)8-4;/h9-10,12-17H,1-8H3;9-11,14H,5-8H2,1-4H3;/q-1;;/b;12-9-;. The molecule has 0 atom stereocenters. The van der Waals surface area contributed by atoms with Crippen molar-refractivity contribution < 1.29 is 34.4 Å². The molecule has 2 aromatic heterocycles. The first-order valence-electron chi connectivity index (χ1n) is 17.0. The van der Waals surface area contributed by atoms with Gasteiger partial charge >= 0.3 is 0 Å². The normalized spacial score (nSPS) is 12.3. The first-order valence-corrected chi connectivity index (χ1v) is 17.0. The second-order valence-electron chi connectivity index (χ2n) is 14.8. The predicted octanol–water partition coefficient (Wildman–Crippen LogP) is 12.0. The van der Waals surface area contributed by atoms with Gasteiger partial charge in [0.15, 0.2) is 5.78 Å². The fraction of sp³-hybridized carbons (Fsp3) is 0.476. The number of carbonyl (C=O) groups excluding carboxylic acids is 1. The van der Waals surface area contributed by atoms with Gasteiger partial charge in [-0.05, 0) is 77.6 Å². The molecule has 2 aromatic carbocycles. The predicted molar refractivity (Wildman–Crippen MR) is 194 cm³/mol. The Kier molecular flexibility index (Phi) is 14.4. The summed E-state index contributed by atoms with van der Waals surface area (Å²) >= 11 is 0. The summed E-state index contributed by atoms with van der Waals surface area (Å²) in [6, 6.07) is 18.7. The van der Waals surface area contributed by atoms with E-state index >= 15 is 0 Å². The Labute approximate surface area is 297 Å². The van der Waals surface area contributed by atoms with Gasteiger partial charge in [-0.15, -0.1) is 34.9 Å². The summed E-state index contributed by atoms with van der Waals surface area (Å²) in [7, 11) is 0. The van der Waals surface area contributed by atoms with Crippen LogP contribution in [-0.4, -0.2) is 15.9 Å². The summed E-state index contributed by atoms with van der Waals surface area (Å²) in [6.45, 7) is 25.8. The monoisotopic (exact) mass is 815 g/mol. The Morgan fingerprint density at radius 2 is 1.38 bits per heavy atom. The van der Waals surface area contributed by atoms with E-state index in [2.05, 4.69) is 103 Å². The Balaban J connectivity index is 0.000000410. The molecular weight excluding hydrogens is 759 g/mol. The van der Waals surface area contributed by atoms with Crippen molar-refractivity contribution in [1.82, 2.24) is 4.98 Å².